The van der Waals surface area contributed by atoms with Crippen LogP contribution in [0.1, 0.15) is 40.2 Å². The summed E-state index contributed by atoms with van der Waals surface area (Å²) >= 11 is 0. The minimum atomic E-state index is -0.654. The van der Waals surface area contributed by atoms with Crippen LogP contribution in [0.25, 0.3) is 11.1 Å². The molecule has 2 aromatic carbocycles. The number of ether oxygens (including phenoxy) is 1. The number of benzene rings is 2. The van der Waals surface area contributed by atoms with E-state index in [9.17, 15) is 9.59 Å². The lowest BCUT2D eigenvalue weighted by Gasteiger charge is -2.25. The predicted octanol–water partition coefficient (Wildman–Crippen LogP) is 4.52. The highest BCUT2D eigenvalue weighted by Crippen LogP contribution is 2.19. The summed E-state index contributed by atoms with van der Waals surface area (Å²) < 4.78 is 5.26. The Morgan fingerprint density at radius 2 is 1.50 bits per heavy atom. The van der Waals surface area contributed by atoms with Crippen LogP contribution in [-0.2, 0) is 16.1 Å². The number of rotatable bonds is 6. The van der Waals surface area contributed by atoms with Crippen LogP contribution in [0.3, 0.4) is 0 Å². The summed E-state index contributed by atoms with van der Waals surface area (Å²) in [5, 5.41) is 5.57. The molecule has 2 aromatic rings. The highest BCUT2D eigenvalue weighted by molar-refractivity contribution is 5.85. The molecule has 0 saturated carbocycles. The molecular weight excluding hydrogens is 352 g/mol. The first-order valence-electron chi connectivity index (χ1n) is 9.57. The van der Waals surface area contributed by atoms with Gasteiger partial charge in [-0.1, -0.05) is 68.4 Å². The standard InChI is InChI=1S/C23H30N2O3/c1-16(2)20(25-22(27)28-23(3,4)5)21(26)24-15-17-11-13-19(14-12-17)18-9-7-6-8-10-18/h6-14,16,20H,15H2,1-5H3,(H,24,26)(H,25,27). The Kier molecular flexibility index (Phi) is 7.21. The average molecular weight is 383 g/mol. The summed E-state index contributed by atoms with van der Waals surface area (Å²) in [6.07, 6.45) is -0.589. The number of hydrogen-bond acceptors (Lipinski definition) is 3. The number of carbonyl (C=O) groups excluding carboxylic acids is 2. The van der Waals surface area contributed by atoms with E-state index >= 15 is 0 Å². The van der Waals surface area contributed by atoms with Crippen molar-refractivity contribution in [1.29, 1.82) is 0 Å². The average Bonchev–Trinajstić information content (AvgIpc) is 2.63. The molecule has 0 aliphatic carbocycles. The van der Waals surface area contributed by atoms with Crippen LogP contribution in [-0.4, -0.2) is 23.6 Å². The Morgan fingerprint density at radius 3 is 2.04 bits per heavy atom. The Morgan fingerprint density at radius 1 is 0.929 bits per heavy atom. The number of amides is 2. The minimum Gasteiger partial charge on any atom is -0.444 e. The lowest BCUT2D eigenvalue weighted by molar-refractivity contribution is -0.124. The van der Waals surface area contributed by atoms with Crippen LogP contribution >= 0.6 is 0 Å². The van der Waals surface area contributed by atoms with E-state index in [0.29, 0.717) is 6.54 Å². The Bertz CT molecular complexity index is 778. The molecule has 1 unspecified atom stereocenters. The summed E-state index contributed by atoms with van der Waals surface area (Å²) in [5.41, 5.74) is 2.66. The molecule has 2 amide bonds. The van der Waals surface area contributed by atoms with Gasteiger partial charge < -0.3 is 15.4 Å². The molecule has 0 aliphatic heterocycles. The van der Waals surface area contributed by atoms with Crippen molar-refractivity contribution in [2.24, 2.45) is 5.92 Å². The molecule has 0 saturated heterocycles. The molecule has 0 bridgehead atoms. The van der Waals surface area contributed by atoms with E-state index in [0.717, 1.165) is 16.7 Å². The Balaban J connectivity index is 1.94. The fourth-order valence-electron chi connectivity index (χ4n) is 2.71. The molecule has 5 heteroatoms. The summed E-state index contributed by atoms with van der Waals surface area (Å²) in [6, 6.07) is 17.5. The van der Waals surface area contributed by atoms with Crippen molar-refractivity contribution < 1.29 is 14.3 Å². The van der Waals surface area contributed by atoms with Crippen molar-refractivity contribution in [3.05, 3.63) is 60.2 Å². The number of alkyl carbamates (subject to hydrolysis) is 1. The summed E-state index contributed by atoms with van der Waals surface area (Å²) in [5.74, 6) is -0.291. The van der Waals surface area contributed by atoms with Crippen LogP contribution in [0.2, 0.25) is 0 Å². The first-order valence-corrected chi connectivity index (χ1v) is 9.57. The molecule has 0 heterocycles. The van der Waals surface area contributed by atoms with Crippen molar-refractivity contribution in [2.75, 3.05) is 0 Å². The first-order chi connectivity index (χ1) is 13.2. The monoisotopic (exact) mass is 382 g/mol. The highest BCUT2D eigenvalue weighted by atomic mass is 16.6. The SMILES string of the molecule is CC(C)C(NC(=O)OC(C)(C)C)C(=O)NCc1ccc(-c2ccccc2)cc1. The largest absolute Gasteiger partial charge is 0.444 e. The van der Waals surface area contributed by atoms with E-state index in [1.54, 1.807) is 20.8 Å². The zero-order valence-electron chi connectivity index (χ0n) is 17.3. The van der Waals surface area contributed by atoms with Crippen molar-refractivity contribution in [2.45, 2.75) is 52.8 Å². The summed E-state index contributed by atoms with van der Waals surface area (Å²) in [6.45, 7) is 9.53. The molecule has 0 aliphatic rings. The van der Waals surface area contributed by atoms with E-state index in [4.69, 9.17) is 4.74 Å². The second-order valence-electron chi connectivity index (χ2n) is 8.15. The Hall–Kier alpha value is -2.82. The van der Waals surface area contributed by atoms with Gasteiger partial charge in [0.05, 0.1) is 0 Å². The maximum atomic E-state index is 12.6. The maximum absolute atomic E-state index is 12.6. The van der Waals surface area contributed by atoms with Crippen LogP contribution in [0.4, 0.5) is 4.79 Å². The van der Waals surface area contributed by atoms with E-state index in [1.165, 1.54) is 0 Å². The second kappa shape index (κ2) is 9.40. The van der Waals surface area contributed by atoms with Gasteiger partial charge in [0.15, 0.2) is 0 Å². The first kappa shape index (κ1) is 21.5. The molecule has 0 aromatic heterocycles. The molecule has 2 rings (SSSR count). The van der Waals surface area contributed by atoms with Gasteiger partial charge in [0.25, 0.3) is 0 Å². The summed E-state index contributed by atoms with van der Waals surface area (Å²) in [7, 11) is 0. The maximum Gasteiger partial charge on any atom is 0.408 e. The van der Waals surface area contributed by atoms with Crippen LogP contribution in [0.15, 0.2) is 54.6 Å². The Labute approximate surface area is 167 Å². The van der Waals surface area contributed by atoms with Crippen LogP contribution in [0, 0.1) is 5.92 Å². The predicted molar refractivity (Wildman–Crippen MR) is 112 cm³/mol. The third-order valence-electron chi connectivity index (χ3n) is 4.15. The quantitative estimate of drug-likeness (QED) is 0.772. The molecular formula is C23H30N2O3. The lowest BCUT2D eigenvalue weighted by Crippen LogP contribution is -2.50. The van der Waals surface area contributed by atoms with E-state index in [-0.39, 0.29) is 11.8 Å². The topological polar surface area (TPSA) is 67.4 Å². The van der Waals surface area contributed by atoms with E-state index in [1.807, 2.05) is 56.3 Å². The number of hydrogen-bond donors (Lipinski definition) is 2. The lowest BCUT2D eigenvalue weighted by atomic mass is 10.0. The molecule has 0 spiro atoms. The van der Waals surface area contributed by atoms with Crippen LogP contribution in [0.5, 0.6) is 0 Å². The van der Waals surface area contributed by atoms with Crippen molar-refractivity contribution in [1.82, 2.24) is 10.6 Å². The van der Waals surface area contributed by atoms with Gasteiger partial charge in [-0.15, -0.1) is 0 Å². The molecule has 5 nitrogen and oxygen atoms in total. The molecule has 1 atom stereocenters. The van der Waals surface area contributed by atoms with Gasteiger partial charge in [0.2, 0.25) is 5.91 Å². The van der Waals surface area contributed by atoms with Gasteiger partial charge in [-0.3, -0.25) is 4.79 Å². The van der Waals surface area contributed by atoms with Crippen molar-refractivity contribution >= 4 is 12.0 Å². The number of carbonyl (C=O) groups is 2. The van der Waals surface area contributed by atoms with Gasteiger partial charge in [0, 0.05) is 6.54 Å². The van der Waals surface area contributed by atoms with E-state index < -0.39 is 17.7 Å². The van der Waals surface area contributed by atoms with Gasteiger partial charge >= 0.3 is 6.09 Å². The third-order valence-corrected chi connectivity index (χ3v) is 4.15. The smallest absolute Gasteiger partial charge is 0.408 e. The molecule has 28 heavy (non-hydrogen) atoms. The third kappa shape index (κ3) is 6.72. The fraction of sp³-hybridized carbons (Fsp3) is 0.391. The zero-order chi connectivity index (χ0) is 20.7. The van der Waals surface area contributed by atoms with E-state index in [2.05, 4.69) is 22.8 Å². The molecule has 2 N–H and O–H groups in total. The summed E-state index contributed by atoms with van der Waals surface area (Å²) in [4.78, 5) is 24.6. The van der Waals surface area contributed by atoms with Crippen LogP contribution < -0.4 is 10.6 Å². The van der Waals surface area contributed by atoms with Gasteiger partial charge in [-0.2, -0.15) is 0 Å². The van der Waals surface area contributed by atoms with Gasteiger partial charge in [-0.25, -0.2) is 4.79 Å². The van der Waals surface area contributed by atoms with Gasteiger partial charge in [-0.05, 0) is 43.4 Å². The normalized spacial score (nSPS) is 12.4. The highest BCUT2D eigenvalue weighted by Gasteiger charge is 2.26. The molecule has 150 valence electrons. The van der Waals surface area contributed by atoms with Crippen molar-refractivity contribution in [3.8, 4) is 11.1 Å². The number of nitrogens with one attached hydrogen (secondary N) is 2. The second-order valence-corrected chi connectivity index (χ2v) is 8.15. The van der Waals surface area contributed by atoms with Gasteiger partial charge in [0.1, 0.15) is 11.6 Å². The van der Waals surface area contributed by atoms with Crippen molar-refractivity contribution in [3.63, 3.8) is 0 Å². The minimum absolute atomic E-state index is 0.0621. The molecule has 0 radical (unpaired) electrons. The zero-order valence-corrected chi connectivity index (χ0v) is 17.3. The fourth-order valence-corrected chi connectivity index (χ4v) is 2.71. The molecule has 0 fully saturated rings.